The summed E-state index contributed by atoms with van der Waals surface area (Å²) in [6, 6.07) is 11.4. The standard InChI is InChI=1S/C22H25NO6/c1-5-28-13-18-11-17(9-10-20(18)27-4)22(26)29-15(3)21(25)23-19-8-6-7-16(12-19)14(2)24/h6-12,15H,5,13H2,1-4H3,(H,23,25)/t15-/m1/s1. The maximum Gasteiger partial charge on any atom is 0.338 e. The van der Waals surface area contributed by atoms with E-state index < -0.39 is 18.0 Å². The maximum absolute atomic E-state index is 12.5. The zero-order chi connectivity index (χ0) is 21.4. The number of ether oxygens (including phenoxy) is 3. The molecule has 1 atom stereocenters. The summed E-state index contributed by atoms with van der Waals surface area (Å²) in [7, 11) is 1.54. The van der Waals surface area contributed by atoms with Crippen molar-refractivity contribution in [3.8, 4) is 5.75 Å². The van der Waals surface area contributed by atoms with Crippen LogP contribution >= 0.6 is 0 Å². The Morgan fingerprint density at radius 3 is 2.48 bits per heavy atom. The first kappa shape index (κ1) is 22.1. The largest absolute Gasteiger partial charge is 0.496 e. The van der Waals surface area contributed by atoms with Gasteiger partial charge in [0.25, 0.3) is 5.91 Å². The average Bonchev–Trinajstić information content (AvgIpc) is 2.71. The number of hydrogen-bond acceptors (Lipinski definition) is 6. The first-order valence-electron chi connectivity index (χ1n) is 9.23. The van der Waals surface area contributed by atoms with Crippen LogP contribution < -0.4 is 10.1 Å². The first-order chi connectivity index (χ1) is 13.8. The molecule has 0 aliphatic rings. The lowest BCUT2D eigenvalue weighted by molar-refractivity contribution is -0.123. The van der Waals surface area contributed by atoms with Crippen LogP contribution in [0.25, 0.3) is 0 Å². The number of rotatable bonds is 9. The van der Waals surface area contributed by atoms with Gasteiger partial charge in [0.1, 0.15) is 5.75 Å². The zero-order valence-electron chi connectivity index (χ0n) is 17.0. The van der Waals surface area contributed by atoms with Crippen molar-refractivity contribution in [1.82, 2.24) is 0 Å². The summed E-state index contributed by atoms with van der Waals surface area (Å²) in [5.74, 6) is -0.637. The van der Waals surface area contributed by atoms with Gasteiger partial charge in [0.15, 0.2) is 11.9 Å². The van der Waals surface area contributed by atoms with Crippen molar-refractivity contribution in [2.45, 2.75) is 33.5 Å². The fourth-order valence-corrected chi connectivity index (χ4v) is 2.57. The summed E-state index contributed by atoms with van der Waals surface area (Å²) in [5, 5.41) is 2.64. The van der Waals surface area contributed by atoms with E-state index in [0.29, 0.717) is 41.3 Å². The Morgan fingerprint density at radius 1 is 1.07 bits per heavy atom. The van der Waals surface area contributed by atoms with Gasteiger partial charge in [-0.05, 0) is 51.1 Å². The molecule has 0 aliphatic heterocycles. The van der Waals surface area contributed by atoms with E-state index in [9.17, 15) is 14.4 Å². The van der Waals surface area contributed by atoms with E-state index in [1.807, 2.05) is 6.92 Å². The number of amides is 1. The van der Waals surface area contributed by atoms with Gasteiger partial charge in [0.05, 0.1) is 19.3 Å². The predicted molar refractivity (Wildman–Crippen MR) is 108 cm³/mol. The number of esters is 1. The zero-order valence-corrected chi connectivity index (χ0v) is 17.0. The summed E-state index contributed by atoms with van der Waals surface area (Å²) in [4.78, 5) is 36.3. The van der Waals surface area contributed by atoms with Crippen molar-refractivity contribution in [2.24, 2.45) is 0 Å². The van der Waals surface area contributed by atoms with Crippen molar-refractivity contribution < 1.29 is 28.6 Å². The molecule has 0 saturated carbocycles. The normalized spacial score (nSPS) is 11.4. The number of nitrogens with one attached hydrogen (secondary N) is 1. The van der Waals surface area contributed by atoms with Gasteiger partial charge in [-0.2, -0.15) is 0 Å². The van der Waals surface area contributed by atoms with Gasteiger partial charge < -0.3 is 19.5 Å². The molecule has 0 spiro atoms. The van der Waals surface area contributed by atoms with Crippen LogP contribution in [0.5, 0.6) is 5.75 Å². The molecule has 0 aliphatic carbocycles. The third-order valence-corrected chi connectivity index (χ3v) is 4.17. The van der Waals surface area contributed by atoms with Gasteiger partial charge in [-0.25, -0.2) is 4.79 Å². The second kappa shape index (κ2) is 10.4. The molecule has 0 saturated heterocycles. The van der Waals surface area contributed by atoms with Gasteiger partial charge in [0, 0.05) is 23.4 Å². The van der Waals surface area contributed by atoms with Crippen LogP contribution in [0.2, 0.25) is 0 Å². The maximum atomic E-state index is 12.5. The van der Waals surface area contributed by atoms with Crippen molar-refractivity contribution in [1.29, 1.82) is 0 Å². The van der Waals surface area contributed by atoms with E-state index >= 15 is 0 Å². The van der Waals surface area contributed by atoms with Crippen molar-refractivity contribution in [2.75, 3.05) is 19.0 Å². The van der Waals surface area contributed by atoms with Crippen LogP contribution in [0.4, 0.5) is 5.69 Å². The van der Waals surface area contributed by atoms with Crippen LogP contribution in [0, 0.1) is 0 Å². The van der Waals surface area contributed by atoms with Gasteiger partial charge in [-0.1, -0.05) is 12.1 Å². The highest BCUT2D eigenvalue weighted by atomic mass is 16.5. The summed E-state index contributed by atoms with van der Waals surface area (Å²) in [5.41, 5.74) is 1.93. The topological polar surface area (TPSA) is 90.9 Å². The Balaban J connectivity index is 2.05. The third kappa shape index (κ3) is 6.15. The van der Waals surface area contributed by atoms with Crippen molar-refractivity contribution >= 4 is 23.3 Å². The second-order valence-corrected chi connectivity index (χ2v) is 6.34. The molecular weight excluding hydrogens is 374 g/mol. The molecule has 2 aromatic rings. The van der Waals surface area contributed by atoms with Crippen LogP contribution in [0.3, 0.4) is 0 Å². The van der Waals surface area contributed by atoms with E-state index in [4.69, 9.17) is 14.2 Å². The fraction of sp³-hybridized carbons (Fsp3) is 0.318. The SMILES string of the molecule is CCOCc1cc(C(=O)O[C@H](C)C(=O)Nc2cccc(C(C)=O)c2)ccc1OC. The Kier molecular flexibility index (Phi) is 7.91. The second-order valence-electron chi connectivity index (χ2n) is 6.34. The van der Waals surface area contributed by atoms with Crippen LogP contribution in [-0.2, 0) is 20.9 Å². The molecule has 0 unspecified atom stereocenters. The predicted octanol–water partition coefficient (Wildman–Crippen LogP) is 3.62. The van der Waals surface area contributed by atoms with Gasteiger partial charge in [-0.3, -0.25) is 9.59 Å². The monoisotopic (exact) mass is 399 g/mol. The number of hydrogen-bond donors (Lipinski definition) is 1. The van der Waals surface area contributed by atoms with Crippen LogP contribution in [0.15, 0.2) is 42.5 Å². The quantitative estimate of drug-likeness (QED) is 0.512. The Morgan fingerprint density at radius 2 is 1.83 bits per heavy atom. The molecule has 7 nitrogen and oxygen atoms in total. The molecule has 7 heteroatoms. The molecule has 0 aromatic heterocycles. The molecule has 2 aromatic carbocycles. The van der Waals surface area contributed by atoms with Crippen molar-refractivity contribution in [3.05, 3.63) is 59.2 Å². The van der Waals surface area contributed by atoms with Gasteiger partial charge in [-0.15, -0.1) is 0 Å². The summed E-state index contributed by atoms with van der Waals surface area (Å²) in [6.07, 6.45) is -1.03. The highest BCUT2D eigenvalue weighted by Crippen LogP contribution is 2.22. The summed E-state index contributed by atoms with van der Waals surface area (Å²) >= 11 is 0. The van der Waals surface area contributed by atoms with Crippen molar-refractivity contribution in [3.63, 3.8) is 0 Å². The lowest BCUT2D eigenvalue weighted by Gasteiger charge is -2.15. The number of benzene rings is 2. The Hall–Kier alpha value is -3.19. The minimum atomic E-state index is -1.03. The number of Topliss-reactive ketones (excluding diaryl/α,β-unsaturated/α-hetero) is 1. The number of anilines is 1. The first-order valence-corrected chi connectivity index (χ1v) is 9.23. The van der Waals surface area contributed by atoms with E-state index in [0.717, 1.165) is 0 Å². The number of carbonyl (C=O) groups is 3. The fourth-order valence-electron chi connectivity index (χ4n) is 2.57. The highest BCUT2D eigenvalue weighted by Gasteiger charge is 2.20. The van der Waals surface area contributed by atoms with E-state index in [2.05, 4.69) is 5.32 Å². The minimum Gasteiger partial charge on any atom is -0.496 e. The van der Waals surface area contributed by atoms with E-state index in [1.165, 1.54) is 21.0 Å². The molecule has 0 radical (unpaired) electrons. The highest BCUT2D eigenvalue weighted by molar-refractivity contribution is 5.99. The lowest BCUT2D eigenvalue weighted by Crippen LogP contribution is -2.30. The molecule has 1 amide bonds. The average molecular weight is 399 g/mol. The molecule has 0 bridgehead atoms. The Labute approximate surface area is 170 Å². The molecule has 29 heavy (non-hydrogen) atoms. The van der Waals surface area contributed by atoms with Gasteiger partial charge >= 0.3 is 5.97 Å². The molecule has 154 valence electrons. The van der Waals surface area contributed by atoms with Crippen LogP contribution in [0.1, 0.15) is 47.1 Å². The number of methoxy groups -OCH3 is 1. The molecular formula is C22H25NO6. The van der Waals surface area contributed by atoms with Crippen LogP contribution in [-0.4, -0.2) is 37.5 Å². The molecule has 1 N–H and O–H groups in total. The Bertz CT molecular complexity index is 893. The lowest BCUT2D eigenvalue weighted by atomic mass is 10.1. The molecule has 0 heterocycles. The minimum absolute atomic E-state index is 0.108. The van der Waals surface area contributed by atoms with E-state index in [1.54, 1.807) is 42.5 Å². The smallest absolute Gasteiger partial charge is 0.338 e. The number of ketones is 1. The van der Waals surface area contributed by atoms with E-state index in [-0.39, 0.29) is 5.78 Å². The third-order valence-electron chi connectivity index (χ3n) is 4.17. The molecule has 0 fully saturated rings. The molecule has 2 rings (SSSR count). The van der Waals surface area contributed by atoms with Gasteiger partial charge in [0.2, 0.25) is 0 Å². The summed E-state index contributed by atoms with van der Waals surface area (Å²) < 4.78 is 15.9. The summed E-state index contributed by atoms with van der Waals surface area (Å²) in [6.45, 7) is 5.62. The number of carbonyl (C=O) groups excluding carboxylic acids is 3.